The number of carbonyl (C=O) groups is 2. The molecule has 74 valence electrons. The predicted molar refractivity (Wildman–Crippen MR) is 44.0 cm³/mol. The van der Waals surface area contributed by atoms with Crippen molar-refractivity contribution in [2.45, 2.75) is 19.4 Å². The zero-order valence-electron chi connectivity index (χ0n) is 7.43. The number of nitrogens with zero attached hydrogens (tertiary/aromatic N) is 1. The lowest BCUT2D eigenvalue weighted by molar-refractivity contribution is -0.141. The first-order valence-corrected chi connectivity index (χ1v) is 4.19. The fourth-order valence-electron chi connectivity index (χ4n) is 1.42. The van der Waals surface area contributed by atoms with Crippen molar-refractivity contribution < 1.29 is 19.8 Å². The fourth-order valence-corrected chi connectivity index (χ4v) is 1.42. The maximum atomic E-state index is 11.2. The lowest BCUT2D eigenvalue weighted by Crippen LogP contribution is -2.37. The second kappa shape index (κ2) is 3.74. The third kappa shape index (κ3) is 1.98. The molecule has 1 unspecified atom stereocenters. The van der Waals surface area contributed by atoms with Crippen LogP contribution in [0.4, 0.5) is 0 Å². The molecule has 1 rings (SSSR count). The number of carbonyl (C=O) groups excluding carboxylic acids is 1. The summed E-state index contributed by atoms with van der Waals surface area (Å²) in [7, 11) is 0. The van der Waals surface area contributed by atoms with Gasteiger partial charge >= 0.3 is 5.97 Å². The van der Waals surface area contributed by atoms with Crippen molar-refractivity contribution >= 4 is 11.9 Å². The molecule has 2 atom stereocenters. The summed E-state index contributed by atoms with van der Waals surface area (Å²) < 4.78 is 0. The van der Waals surface area contributed by atoms with E-state index in [1.54, 1.807) is 6.92 Å². The third-order valence-electron chi connectivity index (χ3n) is 2.30. The number of hydrogen-bond donors (Lipinski definition) is 2. The summed E-state index contributed by atoms with van der Waals surface area (Å²) in [6, 6.07) is -0.281. The van der Waals surface area contributed by atoms with Crippen LogP contribution in [0.3, 0.4) is 0 Å². The molecule has 1 aliphatic rings. The average Bonchev–Trinajstić information content (AvgIpc) is 2.46. The van der Waals surface area contributed by atoms with Crippen LogP contribution < -0.4 is 0 Å². The Balaban J connectivity index is 2.61. The molecule has 1 heterocycles. The van der Waals surface area contributed by atoms with Gasteiger partial charge in [-0.1, -0.05) is 0 Å². The van der Waals surface area contributed by atoms with Crippen molar-refractivity contribution in [3.05, 3.63) is 0 Å². The molecule has 5 heteroatoms. The van der Waals surface area contributed by atoms with Crippen LogP contribution in [0.15, 0.2) is 0 Å². The number of rotatable bonds is 3. The summed E-state index contributed by atoms with van der Waals surface area (Å²) in [4.78, 5) is 23.2. The average molecular weight is 187 g/mol. The Morgan fingerprint density at radius 1 is 1.77 bits per heavy atom. The molecule has 0 radical (unpaired) electrons. The van der Waals surface area contributed by atoms with Crippen LogP contribution >= 0.6 is 0 Å². The Bertz CT molecular complexity index is 228. The zero-order valence-corrected chi connectivity index (χ0v) is 7.43. The van der Waals surface area contributed by atoms with Crippen LogP contribution in [0.2, 0.25) is 0 Å². The van der Waals surface area contributed by atoms with Crippen molar-refractivity contribution in [1.29, 1.82) is 0 Å². The minimum atomic E-state index is -0.944. The Morgan fingerprint density at radius 2 is 2.38 bits per heavy atom. The van der Waals surface area contributed by atoms with Crippen molar-refractivity contribution in [2.75, 3.05) is 13.2 Å². The molecule has 0 aromatic heterocycles. The maximum Gasteiger partial charge on any atom is 0.308 e. The van der Waals surface area contributed by atoms with Crippen LogP contribution in [0.25, 0.3) is 0 Å². The van der Waals surface area contributed by atoms with Gasteiger partial charge in [0, 0.05) is 13.0 Å². The van der Waals surface area contributed by atoms with E-state index in [2.05, 4.69) is 0 Å². The SMILES string of the molecule is C[C@@H](CO)N1CC(C(=O)O)CC1=O. The van der Waals surface area contributed by atoms with Crippen molar-refractivity contribution in [3.8, 4) is 0 Å². The summed E-state index contributed by atoms with van der Waals surface area (Å²) in [5.74, 6) is -1.74. The molecular formula is C8H13NO4. The highest BCUT2D eigenvalue weighted by Crippen LogP contribution is 2.19. The number of amides is 1. The van der Waals surface area contributed by atoms with Crippen LogP contribution in [-0.2, 0) is 9.59 Å². The van der Waals surface area contributed by atoms with E-state index < -0.39 is 11.9 Å². The first kappa shape index (κ1) is 9.98. The number of carboxylic acids is 1. The Morgan fingerprint density at radius 3 is 2.77 bits per heavy atom. The molecule has 0 saturated carbocycles. The monoisotopic (exact) mass is 187 g/mol. The first-order chi connectivity index (χ1) is 6.06. The molecule has 1 fully saturated rings. The third-order valence-corrected chi connectivity index (χ3v) is 2.30. The lowest BCUT2D eigenvalue weighted by atomic mass is 10.1. The molecule has 0 aromatic carbocycles. The van der Waals surface area contributed by atoms with Gasteiger partial charge in [-0.15, -0.1) is 0 Å². The highest BCUT2D eigenvalue weighted by Gasteiger charge is 2.36. The highest BCUT2D eigenvalue weighted by atomic mass is 16.4. The van der Waals surface area contributed by atoms with Gasteiger partial charge in [0.2, 0.25) is 5.91 Å². The quantitative estimate of drug-likeness (QED) is 0.612. The van der Waals surface area contributed by atoms with E-state index >= 15 is 0 Å². The molecule has 2 N–H and O–H groups in total. The standard InChI is InChI=1S/C8H13NO4/c1-5(4-10)9-3-6(8(12)13)2-7(9)11/h5-6,10H,2-4H2,1H3,(H,12,13)/t5-,6?/m0/s1. The molecule has 0 bridgehead atoms. The number of aliphatic hydroxyl groups excluding tert-OH is 1. The molecule has 0 spiro atoms. The van der Waals surface area contributed by atoms with Gasteiger partial charge in [0.25, 0.3) is 0 Å². The fraction of sp³-hybridized carbons (Fsp3) is 0.750. The number of hydrogen-bond acceptors (Lipinski definition) is 3. The molecule has 1 saturated heterocycles. The normalized spacial score (nSPS) is 24.9. The van der Waals surface area contributed by atoms with E-state index in [0.29, 0.717) is 0 Å². The molecule has 1 aliphatic heterocycles. The Labute approximate surface area is 76.0 Å². The van der Waals surface area contributed by atoms with Crippen LogP contribution in [0.1, 0.15) is 13.3 Å². The summed E-state index contributed by atoms with van der Waals surface area (Å²) in [5.41, 5.74) is 0. The van der Waals surface area contributed by atoms with Gasteiger partial charge in [-0.25, -0.2) is 0 Å². The van der Waals surface area contributed by atoms with Gasteiger partial charge in [0.15, 0.2) is 0 Å². The molecule has 0 aliphatic carbocycles. The van der Waals surface area contributed by atoms with E-state index in [1.165, 1.54) is 4.90 Å². The molecule has 1 amide bonds. The minimum absolute atomic E-state index is 0.0552. The Kier molecular flexibility index (Phi) is 2.87. The zero-order chi connectivity index (χ0) is 10.0. The van der Waals surface area contributed by atoms with Gasteiger partial charge in [0.1, 0.15) is 0 Å². The van der Waals surface area contributed by atoms with Crippen LogP contribution in [0.5, 0.6) is 0 Å². The summed E-state index contributed by atoms with van der Waals surface area (Å²) in [6.45, 7) is 1.79. The van der Waals surface area contributed by atoms with E-state index in [1.807, 2.05) is 0 Å². The number of aliphatic carboxylic acids is 1. The second-order valence-corrected chi connectivity index (χ2v) is 3.32. The first-order valence-electron chi connectivity index (χ1n) is 4.19. The maximum absolute atomic E-state index is 11.2. The molecule has 13 heavy (non-hydrogen) atoms. The summed E-state index contributed by atoms with van der Waals surface area (Å²) in [5, 5.41) is 17.5. The van der Waals surface area contributed by atoms with E-state index in [0.717, 1.165) is 0 Å². The number of aliphatic hydroxyl groups is 1. The summed E-state index contributed by atoms with van der Waals surface area (Å²) in [6.07, 6.45) is 0.0552. The topological polar surface area (TPSA) is 77.8 Å². The van der Waals surface area contributed by atoms with E-state index in [4.69, 9.17) is 10.2 Å². The highest BCUT2D eigenvalue weighted by molar-refractivity contribution is 5.86. The van der Waals surface area contributed by atoms with Crippen LogP contribution in [-0.4, -0.2) is 46.2 Å². The number of carboxylic acid groups (broad SMARTS) is 1. The molecular weight excluding hydrogens is 174 g/mol. The van der Waals surface area contributed by atoms with Gasteiger partial charge in [-0.05, 0) is 6.92 Å². The van der Waals surface area contributed by atoms with Gasteiger partial charge in [-0.3, -0.25) is 9.59 Å². The minimum Gasteiger partial charge on any atom is -0.481 e. The molecule has 0 aromatic rings. The number of likely N-dealkylation sites (tertiary alicyclic amines) is 1. The summed E-state index contributed by atoms with van der Waals surface area (Å²) >= 11 is 0. The van der Waals surface area contributed by atoms with Crippen LogP contribution in [0, 0.1) is 5.92 Å². The van der Waals surface area contributed by atoms with Gasteiger partial charge in [0.05, 0.1) is 18.6 Å². The van der Waals surface area contributed by atoms with Gasteiger partial charge in [-0.2, -0.15) is 0 Å². The van der Waals surface area contributed by atoms with Crippen molar-refractivity contribution in [1.82, 2.24) is 4.90 Å². The van der Waals surface area contributed by atoms with E-state index in [-0.39, 0.29) is 31.5 Å². The van der Waals surface area contributed by atoms with Gasteiger partial charge < -0.3 is 15.1 Å². The predicted octanol–water partition coefficient (Wildman–Crippen LogP) is -0.700. The van der Waals surface area contributed by atoms with E-state index in [9.17, 15) is 9.59 Å². The van der Waals surface area contributed by atoms with Crippen molar-refractivity contribution in [2.24, 2.45) is 5.92 Å². The van der Waals surface area contributed by atoms with Crippen molar-refractivity contribution in [3.63, 3.8) is 0 Å². The lowest BCUT2D eigenvalue weighted by Gasteiger charge is -2.22. The molecule has 5 nitrogen and oxygen atoms in total. The smallest absolute Gasteiger partial charge is 0.308 e. The largest absolute Gasteiger partial charge is 0.481 e. The Hall–Kier alpha value is -1.10. The second-order valence-electron chi connectivity index (χ2n) is 3.32.